The normalized spacial score (nSPS) is 13.1. The lowest BCUT2D eigenvalue weighted by atomic mass is 9.79. The van der Waals surface area contributed by atoms with Crippen molar-refractivity contribution in [3.8, 4) is 50.7 Å². The van der Waals surface area contributed by atoms with Crippen LogP contribution in [0.15, 0.2) is 176 Å². The minimum absolute atomic E-state index is 0.361. The quantitative estimate of drug-likeness (QED) is 0.184. The first kappa shape index (κ1) is 30.8. The lowest BCUT2D eigenvalue weighted by Crippen LogP contribution is -2.18. The molecular formula is C51H35N3. The van der Waals surface area contributed by atoms with Crippen molar-refractivity contribution in [3.05, 3.63) is 187 Å². The van der Waals surface area contributed by atoms with Crippen LogP contribution in [-0.2, 0) is 5.41 Å². The first-order chi connectivity index (χ1) is 26.5. The number of benzene rings is 8. The zero-order valence-corrected chi connectivity index (χ0v) is 30.1. The molecule has 0 saturated carbocycles. The predicted molar refractivity (Wildman–Crippen MR) is 225 cm³/mol. The largest absolute Gasteiger partial charge is 0.278 e. The molecule has 2 heterocycles. The Morgan fingerprint density at radius 2 is 0.981 bits per heavy atom. The molecule has 11 rings (SSSR count). The molecule has 0 spiro atoms. The summed E-state index contributed by atoms with van der Waals surface area (Å²) in [5.74, 6) is 0.676. The fourth-order valence-electron chi connectivity index (χ4n) is 8.99. The smallest absolute Gasteiger partial charge is 0.235 e. The molecule has 254 valence electrons. The van der Waals surface area contributed by atoms with Crippen molar-refractivity contribution in [1.29, 1.82) is 0 Å². The zero-order valence-electron chi connectivity index (χ0n) is 30.1. The lowest BCUT2D eigenvalue weighted by Gasteiger charge is -2.25. The Bertz CT molecular complexity index is 3100. The Kier molecular flexibility index (Phi) is 6.60. The van der Waals surface area contributed by atoms with Crippen LogP contribution in [0.2, 0.25) is 0 Å². The highest BCUT2D eigenvalue weighted by Crippen LogP contribution is 2.54. The highest BCUT2D eigenvalue weighted by atomic mass is 15.2. The molecular weight excluding hydrogens is 655 g/mol. The van der Waals surface area contributed by atoms with Crippen molar-refractivity contribution in [3.63, 3.8) is 0 Å². The third-order valence-corrected chi connectivity index (χ3v) is 11.5. The van der Waals surface area contributed by atoms with Crippen molar-refractivity contribution in [2.75, 3.05) is 0 Å². The Labute approximate surface area is 313 Å². The van der Waals surface area contributed by atoms with E-state index in [1.54, 1.807) is 0 Å². The van der Waals surface area contributed by atoms with Gasteiger partial charge in [-0.1, -0.05) is 159 Å². The molecule has 0 aliphatic heterocycles. The van der Waals surface area contributed by atoms with Crippen LogP contribution < -0.4 is 0 Å². The Morgan fingerprint density at radius 3 is 1.67 bits per heavy atom. The molecule has 54 heavy (non-hydrogen) atoms. The van der Waals surface area contributed by atoms with E-state index in [0.29, 0.717) is 5.95 Å². The van der Waals surface area contributed by atoms with Crippen molar-refractivity contribution >= 4 is 43.4 Å². The van der Waals surface area contributed by atoms with E-state index in [-0.39, 0.29) is 5.41 Å². The number of hydrogen-bond donors (Lipinski definition) is 0. The second-order valence-electron chi connectivity index (χ2n) is 15.0. The standard InChI is InChI=1S/C51H35N3/c1-51(2)43-31-40(33-18-8-4-9-19-33)39(32-16-6-3-7-17-32)30-41(43)49-47(51)48(35-21-10-5-11-22-35)52-50(53-49)54-44-27-26-34-20-14-15-25-38(34)46(44)42-28-36-23-12-13-24-37(36)29-45(42)54/h3-31H,1-2H3. The molecule has 3 nitrogen and oxygen atoms in total. The summed E-state index contributed by atoms with van der Waals surface area (Å²) in [6.45, 7) is 4.67. The average molecular weight is 690 g/mol. The van der Waals surface area contributed by atoms with Crippen LogP contribution in [0.4, 0.5) is 0 Å². The molecule has 1 aliphatic carbocycles. The van der Waals surface area contributed by atoms with E-state index in [1.807, 2.05) is 0 Å². The topological polar surface area (TPSA) is 30.7 Å². The minimum Gasteiger partial charge on any atom is -0.278 e. The maximum atomic E-state index is 5.67. The number of nitrogens with zero attached hydrogens (tertiary/aromatic N) is 3. The summed E-state index contributed by atoms with van der Waals surface area (Å²) in [6.07, 6.45) is 0. The Hall–Kier alpha value is -6.84. The van der Waals surface area contributed by atoms with Crippen LogP contribution in [0.5, 0.6) is 0 Å². The third kappa shape index (κ3) is 4.48. The predicted octanol–water partition coefficient (Wildman–Crippen LogP) is 13.2. The molecule has 10 aromatic rings. The average Bonchev–Trinajstić information content (AvgIpc) is 3.67. The lowest BCUT2D eigenvalue weighted by molar-refractivity contribution is 0.657. The van der Waals surface area contributed by atoms with Gasteiger partial charge in [0.05, 0.1) is 22.4 Å². The van der Waals surface area contributed by atoms with E-state index in [1.165, 1.54) is 60.1 Å². The Morgan fingerprint density at radius 1 is 0.426 bits per heavy atom. The van der Waals surface area contributed by atoms with Gasteiger partial charge in [0.2, 0.25) is 5.95 Å². The molecule has 1 aliphatic rings. The highest BCUT2D eigenvalue weighted by molar-refractivity contribution is 6.23. The first-order valence-electron chi connectivity index (χ1n) is 18.7. The van der Waals surface area contributed by atoms with Gasteiger partial charge in [-0.15, -0.1) is 0 Å². The second-order valence-corrected chi connectivity index (χ2v) is 15.0. The SMILES string of the molecule is CC1(C)c2cc(-c3ccccc3)c(-c3ccccc3)cc2-c2nc(-n3c4cc5ccccc5cc4c4c5ccccc5ccc43)nc(-c3ccccc3)c21. The molecule has 8 aromatic carbocycles. The van der Waals surface area contributed by atoms with Gasteiger partial charge in [-0.3, -0.25) is 4.57 Å². The number of aromatic nitrogens is 3. The van der Waals surface area contributed by atoms with E-state index in [4.69, 9.17) is 9.97 Å². The summed E-state index contributed by atoms with van der Waals surface area (Å²) >= 11 is 0. The fraction of sp³-hybridized carbons (Fsp3) is 0.0588. The molecule has 2 aromatic heterocycles. The summed E-state index contributed by atoms with van der Waals surface area (Å²) in [4.78, 5) is 11.3. The van der Waals surface area contributed by atoms with Crippen molar-refractivity contribution in [2.24, 2.45) is 0 Å². The van der Waals surface area contributed by atoms with Crippen LogP contribution in [0.3, 0.4) is 0 Å². The minimum atomic E-state index is -0.361. The van der Waals surface area contributed by atoms with Crippen LogP contribution in [0.1, 0.15) is 25.0 Å². The van der Waals surface area contributed by atoms with Crippen LogP contribution in [0.25, 0.3) is 94.1 Å². The van der Waals surface area contributed by atoms with Crippen molar-refractivity contribution in [1.82, 2.24) is 14.5 Å². The van der Waals surface area contributed by atoms with Gasteiger partial charge in [-0.2, -0.15) is 0 Å². The molecule has 0 bridgehead atoms. The molecule has 0 atom stereocenters. The summed E-state index contributed by atoms with van der Waals surface area (Å²) in [5.41, 5.74) is 13.3. The van der Waals surface area contributed by atoms with E-state index >= 15 is 0 Å². The van der Waals surface area contributed by atoms with Crippen molar-refractivity contribution < 1.29 is 0 Å². The summed E-state index contributed by atoms with van der Waals surface area (Å²) in [7, 11) is 0. The monoisotopic (exact) mass is 689 g/mol. The first-order valence-corrected chi connectivity index (χ1v) is 18.7. The summed E-state index contributed by atoms with van der Waals surface area (Å²) in [5, 5.41) is 7.27. The molecule has 0 saturated heterocycles. The third-order valence-electron chi connectivity index (χ3n) is 11.5. The summed E-state index contributed by atoms with van der Waals surface area (Å²) in [6, 6.07) is 63.5. The van der Waals surface area contributed by atoms with Gasteiger partial charge in [0, 0.05) is 32.9 Å². The van der Waals surface area contributed by atoms with Crippen LogP contribution in [-0.4, -0.2) is 14.5 Å². The maximum absolute atomic E-state index is 5.67. The molecule has 0 amide bonds. The van der Waals surface area contributed by atoms with Gasteiger partial charge in [0.25, 0.3) is 0 Å². The van der Waals surface area contributed by atoms with Gasteiger partial charge in [-0.25, -0.2) is 9.97 Å². The van der Waals surface area contributed by atoms with Gasteiger partial charge in [0.1, 0.15) is 0 Å². The van der Waals surface area contributed by atoms with Crippen LogP contribution in [0, 0.1) is 0 Å². The van der Waals surface area contributed by atoms with Gasteiger partial charge < -0.3 is 0 Å². The molecule has 0 radical (unpaired) electrons. The van der Waals surface area contributed by atoms with Crippen LogP contribution >= 0.6 is 0 Å². The zero-order chi connectivity index (χ0) is 36.0. The maximum Gasteiger partial charge on any atom is 0.235 e. The van der Waals surface area contributed by atoms with Crippen molar-refractivity contribution in [2.45, 2.75) is 19.3 Å². The van der Waals surface area contributed by atoms with E-state index < -0.39 is 0 Å². The van der Waals surface area contributed by atoms with E-state index in [2.05, 4.69) is 194 Å². The molecule has 0 unspecified atom stereocenters. The van der Waals surface area contributed by atoms with Gasteiger partial charge in [-0.05, 0) is 79.7 Å². The molecule has 3 heteroatoms. The van der Waals surface area contributed by atoms with Gasteiger partial charge in [0.15, 0.2) is 0 Å². The second kappa shape index (κ2) is 11.6. The number of rotatable bonds is 4. The highest BCUT2D eigenvalue weighted by Gasteiger charge is 2.41. The fourth-order valence-corrected chi connectivity index (χ4v) is 8.99. The summed E-state index contributed by atoms with van der Waals surface area (Å²) < 4.78 is 2.30. The number of hydrogen-bond acceptors (Lipinski definition) is 2. The van der Waals surface area contributed by atoms with E-state index in [0.717, 1.165) is 39.1 Å². The molecule has 0 N–H and O–H groups in total. The molecule has 0 fully saturated rings. The van der Waals surface area contributed by atoms with E-state index in [9.17, 15) is 0 Å². The van der Waals surface area contributed by atoms with Gasteiger partial charge >= 0.3 is 0 Å². The Balaban J connectivity index is 1.27. The number of fused-ring (bicyclic) bond motifs is 9.